The SMILES string of the molecule is CCOC(=O)/C(=C\c1sccc1C1OCCO1)N=C=Nc1ccc(C)cc1. The van der Waals surface area contributed by atoms with Crippen molar-refractivity contribution in [2.45, 2.75) is 20.1 Å². The number of thiophene rings is 1. The molecule has 140 valence electrons. The summed E-state index contributed by atoms with van der Waals surface area (Å²) in [6, 6.07) is 12.1. The molecule has 7 heteroatoms. The highest BCUT2D eigenvalue weighted by Gasteiger charge is 2.22. The summed E-state index contributed by atoms with van der Waals surface area (Å²) < 4.78 is 16.2. The summed E-state index contributed by atoms with van der Waals surface area (Å²) in [4.78, 5) is 21.3. The van der Waals surface area contributed by atoms with Crippen molar-refractivity contribution in [3.63, 3.8) is 0 Å². The van der Waals surface area contributed by atoms with Crippen LogP contribution in [0.3, 0.4) is 0 Å². The van der Waals surface area contributed by atoms with Crippen molar-refractivity contribution in [1.82, 2.24) is 0 Å². The molecule has 1 aliphatic rings. The minimum Gasteiger partial charge on any atom is -0.461 e. The average molecular weight is 384 g/mol. The number of carbonyl (C=O) groups is 1. The van der Waals surface area contributed by atoms with E-state index in [9.17, 15) is 4.79 Å². The first kappa shape index (κ1) is 19.2. The zero-order valence-corrected chi connectivity index (χ0v) is 16.0. The number of aryl methyl sites for hydroxylation is 1. The minimum atomic E-state index is -0.531. The predicted octanol–water partition coefficient (Wildman–Crippen LogP) is 4.51. The first-order valence-corrected chi connectivity index (χ1v) is 9.48. The fourth-order valence-corrected chi connectivity index (χ4v) is 3.24. The van der Waals surface area contributed by atoms with Crippen molar-refractivity contribution >= 4 is 35.1 Å². The van der Waals surface area contributed by atoms with E-state index >= 15 is 0 Å². The van der Waals surface area contributed by atoms with Crippen LogP contribution in [0.1, 0.15) is 29.2 Å². The van der Waals surface area contributed by atoms with Crippen LogP contribution in [0.2, 0.25) is 0 Å². The third-order valence-electron chi connectivity index (χ3n) is 3.74. The van der Waals surface area contributed by atoms with Crippen LogP contribution in [0.15, 0.2) is 51.4 Å². The van der Waals surface area contributed by atoms with Gasteiger partial charge in [-0.05, 0) is 43.5 Å². The Morgan fingerprint density at radius 1 is 1.30 bits per heavy atom. The first-order valence-electron chi connectivity index (χ1n) is 8.60. The van der Waals surface area contributed by atoms with Crippen LogP contribution in [0.5, 0.6) is 0 Å². The standard InChI is InChI=1S/C20H20N2O4S/c1-3-24-19(23)17(22-13-21-15-6-4-14(2)5-7-15)12-18-16(8-11-27-18)20-25-9-10-26-20/h4-8,11-12,20H,3,9-10H2,1-2H3/b17-12+. The maximum absolute atomic E-state index is 12.3. The van der Waals surface area contributed by atoms with E-state index < -0.39 is 12.3 Å². The van der Waals surface area contributed by atoms with Gasteiger partial charge in [0.05, 0.1) is 25.5 Å². The molecule has 1 aliphatic heterocycles. The van der Waals surface area contributed by atoms with E-state index in [4.69, 9.17) is 14.2 Å². The first-order chi connectivity index (χ1) is 13.2. The van der Waals surface area contributed by atoms with Gasteiger partial charge < -0.3 is 14.2 Å². The number of ether oxygens (including phenoxy) is 3. The second-order valence-electron chi connectivity index (χ2n) is 5.72. The zero-order valence-electron chi connectivity index (χ0n) is 15.2. The number of aliphatic imine (C=N–C) groups is 2. The van der Waals surface area contributed by atoms with Crippen molar-refractivity contribution in [2.24, 2.45) is 9.98 Å². The van der Waals surface area contributed by atoms with Gasteiger partial charge in [-0.15, -0.1) is 11.3 Å². The van der Waals surface area contributed by atoms with Crippen molar-refractivity contribution in [3.05, 3.63) is 57.4 Å². The van der Waals surface area contributed by atoms with Crippen molar-refractivity contribution in [2.75, 3.05) is 19.8 Å². The molecule has 1 fully saturated rings. The van der Waals surface area contributed by atoms with E-state index in [-0.39, 0.29) is 12.3 Å². The molecule has 3 rings (SSSR count). The molecule has 1 aromatic heterocycles. The fraction of sp³-hybridized carbons (Fsp3) is 0.300. The number of hydrogen-bond acceptors (Lipinski definition) is 7. The number of hydrogen-bond donors (Lipinski definition) is 0. The third kappa shape index (κ3) is 5.21. The number of esters is 1. The van der Waals surface area contributed by atoms with Crippen LogP contribution in [-0.2, 0) is 19.0 Å². The van der Waals surface area contributed by atoms with E-state index in [0.717, 1.165) is 16.0 Å². The third-order valence-corrected chi connectivity index (χ3v) is 4.62. The molecule has 2 heterocycles. The van der Waals surface area contributed by atoms with Crippen LogP contribution in [0, 0.1) is 6.92 Å². The Kier molecular flexibility index (Phi) is 6.68. The second-order valence-corrected chi connectivity index (χ2v) is 6.67. The molecule has 27 heavy (non-hydrogen) atoms. The van der Waals surface area contributed by atoms with Gasteiger partial charge >= 0.3 is 5.97 Å². The maximum atomic E-state index is 12.3. The number of rotatable bonds is 6. The van der Waals surface area contributed by atoms with Gasteiger partial charge in [-0.3, -0.25) is 0 Å². The molecular formula is C20H20N2O4S. The van der Waals surface area contributed by atoms with E-state index in [0.29, 0.717) is 18.9 Å². The van der Waals surface area contributed by atoms with Crippen LogP contribution < -0.4 is 0 Å². The molecule has 0 radical (unpaired) electrons. The Morgan fingerprint density at radius 2 is 2.04 bits per heavy atom. The smallest absolute Gasteiger partial charge is 0.357 e. The molecule has 0 saturated carbocycles. The Balaban J connectivity index is 1.88. The summed E-state index contributed by atoms with van der Waals surface area (Å²) in [6.45, 7) is 5.11. The molecule has 1 saturated heterocycles. The zero-order chi connectivity index (χ0) is 19.1. The molecule has 1 aromatic carbocycles. The second kappa shape index (κ2) is 9.39. The van der Waals surface area contributed by atoms with Crippen LogP contribution in [0.25, 0.3) is 6.08 Å². The molecule has 0 bridgehead atoms. The Hall–Kier alpha value is -2.57. The normalized spacial score (nSPS) is 14.7. The van der Waals surface area contributed by atoms with Gasteiger partial charge in [-0.25, -0.2) is 4.79 Å². The van der Waals surface area contributed by atoms with Gasteiger partial charge in [-0.1, -0.05) is 17.7 Å². The maximum Gasteiger partial charge on any atom is 0.357 e. The molecule has 0 aliphatic carbocycles. The van der Waals surface area contributed by atoms with E-state index in [2.05, 4.69) is 16.0 Å². The molecule has 6 nitrogen and oxygen atoms in total. The minimum absolute atomic E-state index is 0.120. The molecule has 2 aromatic rings. The Labute approximate surface area is 161 Å². The lowest BCUT2D eigenvalue weighted by atomic mass is 10.2. The van der Waals surface area contributed by atoms with Gasteiger partial charge in [0.1, 0.15) is 6.01 Å². The topological polar surface area (TPSA) is 69.5 Å². The average Bonchev–Trinajstić information content (AvgIpc) is 3.34. The number of nitrogens with zero attached hydrogens (tertiary/aromatic N) is 2. The Bertz CT molecular complexity index is 874. The lowest BCUT2D eigenvalue weighted by Gasteiger charge is -2.08. The quantitative estimate of drug-likeness (QED) is 0.417. The van der Waals surface area contributed by atoms with Gasteiger partial charge in [0.2, 0.25) is 0 Å². The van der Waals surface area contributed by atoms with Crippen LogP contribution in [0.4, 0.5) is 5.69 Å². The summed E-state index contributed by atoms with van der Waals surface area (Å²) >= 11 is 1.47. The van der Waals surface area contributed by atoms with Crippen LogP contribution in [-0.4, -0.2) is 31.8 Å². The largest absolute Gasteiger partial charge is 0.461 e. The number of carbonyl (C=O) groups excluding carboxylic acids is 1. The van der Waals surface area contributed by atoms with Gasteiger partial charge in [0, 0.05) is 10.4 Å². The summed E-state index contributed by atoms with van der Waals surface area (Å²) in [6.07, 6.45) is 1.23. The van der Waals surface area contributed by atoms with E-state index in [1.165, 1.54) is 11.3 Å². The van der Waals surface area contributed by atoms with E-state index in [1.54, 1.807) is 13.0 Å². The lowest BCUT2D eigenvalue weighted by Crippen LogP contribution is -2.06. The highest BCUT2D eigenvalue weighted by atomic mass is 32.1. The Morgan fingerprint density at radius 3 is 2.74 bits per heavy atom. The van der Waals surface area contributed by atoms with Crippen molar-refractivity contribution in [1.29, 1.82) is 0 Å². The monoisotopic (exact) mass is 384 g/mol. The van der Waals surface area contributed by atoms with Gasteiger partial charge in [0.15, 0.2) is 12.0 Å². The van der Waals surface area contributed by atoms with Crippen molar-refractivity contribution < 1.29 is 19.0 Å². The molecule has 0 N–H and O–H groups in total. The molecular weight excluding hydrogens is 364 g/mol. The summed E-state index contributed by atoms with van der Waals surface area (Å²) in [5.41, 5.74) is 2.83. The molecule has 0 unspecified atom stereocenters. The molecule has 0 amide bonds. The fourth-order valence-electron chi connectivity index (χ4n) is 2.40. The van der Waals surface area contributed by atoms with Gasteiger partial charge in [-0.2, -0.15) is 9.98 Å². The van der Waals surface area contributed by atoms with Crippen molar-refractivity contribution in [3.8, 4) is 0 Å². The van der Waals surface area contributed by atoms with Gasteiger partial charge in [0.25, 0.3) is 0 Å². The molecule has 0 atom stereocenters. The summed E-state index contributed by atoms with van der Waals surface area (Å²) in [5, 5.41) is 1.92. The van der Waals surface area contributed by atoms with E-state index in [1.807, 2.05) is 42.6 Å². The lowest BCUT2D eigenvalue weighted by molar-refractivity contribution is -0.138. The summed E-state index contributed by atoms with van der Waals surface area (Å²) in [5.74, 6) is -0.531. The number of benzene rings is 1. The summed E-state index contributed by atoms with van der Waals surface area (Å²) in [7, 11) is 0. The highest BCUT2D eigenvalue weighted by molar-refractivity contribution is 7.11. The predicted molar refractivity (Wildman–Crippen MR) is 104 cm³/mol. The highest BCUT2D eigenvalue weighted by Crippen LogP contribution is 2.31. The molecule has 0 spiro atoms. The van der Waals surface area contributed by atoms with Crippen LogP contribution >= 0.6 is 11.3 Å².